The van der Waals surface area contributed by atoms with E-state index in [-0.39, 0.29) is 36.8 Å². The number of hydrogen-bond acceptors (Lipinski definition) is 3. The Morgan fingerprint density at radius 3 is 2.18 bits per heavy atom. The van der Waals surface area contributed by atoms with Crippen molar-refractivity contribution < 1.29 is 4.79 Å². The van der Waals surface area contributed by atoms with Gasteiger partial charge in [-0.2, -0.15) is 0 Å². The lowest BCUT2D eigenvalue weighted by atomic mass is 10.0. The fraction of sp³-hybridized carbons (Fsp3) is 0.409. The number of amides is 1. The van der Waals surface area contributed by atoms with E-state index in [1.165, 1.54) is 37.9 Å². The highest BCUT2D eigenvalue weighted by molar-refractivity contribution is 5.85. The molecule has 3 rings (SSSR count). The van der Waals surface area contributed by atoms with Crippen molar-refractivity contribution in [2.45, 2.75) is 44.8 Å². The average Bonchev–Trinajstić information content (AvgIpc) is 2.69. The maximum atomic E-state index is 12.1. The number of benzene rings is 2. The molecular weight excluding hydrogens is 393 g/mol. The van der Waals surface area contributed by atoms with Gasteiger partial charge in [0.1, 0.15) is 0 Å². The van der Waals surface area contributed by atoms with Crippen LogP contribution in [0.1, 0.15) is 48.4 Å². The van der Waals surface area contributed by atoms with Crippen molar-refractivity contribution in [1.29, 1.82) is 0 Å². The molecule has 1 aliphatic rings. The zero-order valence-electron chi connectivity index (χ0n) is 16.2. The molecule has 1 saturated heterocycles. The largest absolute Gasteiger partial charge is 0.352 e. The lowest BCUT2D eigenvalue weighted by molar-refractivity contribution is -0.121. The van der Waals surface area contributed by atoms with Gasteiger partial charge >= 0.3 is 0 Å². The van der Waals surface area contributed by atoms with Crippen molar-refractivity contribution in [1.82, 2.24) is 10.2 Å². The molecule has 3 N–H and O–H groups in total. The third-order valence-corrected chi connectivity index (χ3v) is 5.00. The predicted octanol–water partition coefficient (Wildman–Crippen LogP) is 4.22. The van der Waals surface area contributed by atoms with Crippen LogP contribution >= 0.6 is 24.8 Å². The van der Waals surface area contributed by atoms with E-state index in [2.05, 4.69) is 34.5 Å². The topological polar surface area (TPSA) is 58.4 Å². The van der Waals surface area contributed by atoms with E-state index in [1.54, 1.807) is 0 Å². The summed E-state index contributed by atoms with van der Waals surface area (Å²) in [6.45, 7) is 3.99. The summed E-state index contributed by atoms with van der Waals surface area (Å²) in [6, 6.07) is 18.0. The number of hydrogen-bond donors (Lipinski definition) is 2. The van der Waals surface area contributed by atoms with Crippen LogP contribution < -0.4 is 11.1 Å². The Labute approximate surface area is 180 Å². The number of likely N-dealkylation sites (tertiary alicyclic amines) is 1. The summed E-state index contributed by atoms with van der Waals surface area (Å²) in [6.07, 6.45) is 4.30. The van der Waals surface area contributed by atoms with E-state index in [9.17, 15) is 4.79 Å². The fourth-order valence-electron chi connectivity index (χ4n) is 3.43. The monoisotopic (exact) mass is 423 g/mol. The Morgan fingerprint density at radius 2 is 1.54 bits per heavy atom. The molecule has 0 spiro atoms. The molecule has 1 aliphatic heterocycles. The van der Waals surface area contributed by atoms with Gasteiger partial charge in [0.05, 0.1) is 0 Å². The van der Waals surface area contributed by atoms with E-state index >= 15 is 0 Å². The molecule has 1 fully saturated rings. The number of carbonyl (C=O) groups is 1. The van der Waals surface area contributed by atoms with Gasteiger partial charge in [0.2, 0.25) is 5.91 Å². The van der Waals surface area contributed by atoms with E-state index in [1.807, 2.05) is 30.3 Å². The van der Waals surface area contributed by atoms with Crippen LogP contribution in [0.3, 0.4) is 0 Å². The number of rotatable bonds is 7. The van der Waals surface area contributed by atoms with Crippen LogP contribution in [-0.4, -0.2) is 23.9 Å². The Hall–Kier alpha value is -1.59. The zero-order valence-corrected chi connectivity index (χ0v) is 17.8. The highest BCUT2D eigenvalue weighted by Crippen LogP contribution is 2.15. The molecular formula is C22H31Cl2N3O. The first kappa shape index (κ1) is 24.4. The molecule has 2 aromatic rings. The van der Waals surface area contributed by atoms with E-state index in [0.29, 0.717) is 13.0 Å². The van der Waals surface area contributed by atoms with Gasteiger partial charge in [-0.05, 0) is 42.6 Å². The van der Waals surface area contributed by atoms with Crippen LogP contribution in [0.2, 0.25) is 0 Å². The number of carbonyl (C=O) groups excluding carboxylic acids is 1. The molecule has 0 aliphatic carbocycles. The van der Waals surface area contributed by atoms with Gasteiger partial charge in [0.15, 0.2) is 0 Å². The summed E-state index contributed by atoms with van der Waals surface area (Å²) >= 11 is 0. The SMILES string of the molecule is Cl.Cl.NC(CC(=O)NCc1ccc(CN2CCCCC2)cc1)c1ccccc1. The average molecular weight is 424 g/mol. The van der Waals surface area contributed by atoms with Crippen LogP contribution in [0.4, 0.5) is 0 Å². The summed E-state index contributed by atoms with van der Waals surface area (Å²) in [5, 5.41) is 2.97. The van der Waals surface area contributed by atoms with Crippen LogP contribution in [0.15, 0.2) is 54.6 Å². The number of halogens is 2. The fourth-order valence-corrected chi connectivity index (χ4v) is 3.43. The summed E-state index contributed by atoms with van der Waals surface area (Å²) in [5.74, 6) is -0.0150. The first-order chi connectivity index (χ1) is 12.7. The highest BCUT2D eigenvalue weighted by atomic mass is 35.5. The Kier molecular flexibility index (Phi) is 11.2. The molecule has 2 aromatic carbocycles. The molecule has 154 valence electrons. The minimum Gasteiger partial charge on any atom is -0.352 e. The van der Waals surface area contributed by atoms with Gasteiger partial charge in [-0.15, -0.1) is 24.8 Å². The summed E-state index contributed by atoms with van der Waals surface area (Å²) < 4.78 is 0. The van der Waals surface area contributed by atoms with Gasteiger partial charge in [0, 0.05) is 25.6 Å². The Morgan fingerprint density at radius 1 is 0.929 bits per heavy atom. The second-order valence-electron chi connectivity index (χ2n) is 7.15. The quantitative estimate of drug-likeness (QED) is 0.700. The molecule has 0 bridgehead atoms. The van der Waals surface area contributed by atoms with Crippen LogP contribution in [-0.2, 0) is 17.9 Å². The lowest BCUT2D eigenvalue weighted by Gasteiger charge is -2.26. The molecule has 1 amide bonds. The molecule has 1 heterocycles. The zero-order chi connectivity index (χ0) is 18.2. The summed E-state index contributed by atoms with van der Waals surface area (Å²) in [7, 11) is 0. The van der Waals surface area contributed by atoms with Gasteiger partial charge in [-0.3, -0.25) is 9.69 Å². The molecule has 6 heteroatoms. The van der Waals surface area contributed by atoms with E-state index < -0.39 is 0 Å². The van der Waals surface area contributed by atoms with Crippen LogP contribution in [0.5, 0.6) is 0 Å². The maximum absolute atomic E-state index is 12.1. The van der Waals surface area contributed by atoms with Gasteiger partial charge < -0.3 is 11.1 Å². The molecule has 4 nitrogen and oxygen atoms in total. The van der Waals surface area contributed by atoms with Crippen molar-refractivity contribution in [3.8, 4) is 0 Å². The maximum Gasteiger partial charge on any atom is 0.222 e. The second kappa shape index (κ2) is 12.8. The molecule has 1 unspecified atom stereocenters. The standard InChI is InChI=1S/C22H29N3O.2ClH/c23-21(20-7-3-1-4-8-20)15-22(26)24-16-18-9-11-19(12-10-18)17-25-13-5-2-6-14-25;;/h1,3-4,7-12,21H,2,5-6,13-17,23H2,(H,24,26);2*1H. The molecule has 28 heavy (non-hydrogen) atoms. The van der Waals surface area contributed by atoms with Crippen molar-refractivity contribution in [3.63, 3.8) is 0 Å². The van der Waals surface area contributed by atoms with Crippen LogP contribution in [0, 0.1) is 0 Å². The number of nitrogens with one attached hydrogen (secondary N) is 1. The Bertz CT molecular complexity index is 689. The second-order valence-corrected chi connectivity index (χ2v) is 7.15. The smallest absolute Gasteiger partial charge is 0.222 e. The first-order valence-electron chi connectivity index (χ1n) is 9.58. The van der Waals surface area contributed by atoms with Gasteiger partial charge in [-0.25, -0.2) is 0 Å². The number of nitrogens with two attached hydrogens (primary N) is 1. The summed E-state index contributed by atoms with van der Waals surface area (Å²) in [5.41, 5.74) is 9.56. The van der Waals surface area contributed by atoms with Crippen molar-refractivity contribution in [2.75, 3.05) is 13.1 Å². The minimum absolute atomic E-state index is 0. The molecule has 0 radical (unpaired) electrons. The van der Waals surface area contributed by atoms with E-state index in [0.717, 1.165) is 17.7 Å². The lowest BCUT2D eigenvalue weighted by Crippen LogP contribution is -2.29. The number of piperidine rings is 1. The Balaban J connectivity index is 0.00000196. The predicted molar refractivity (Wildman–Crippen MR) is 120 cm³/mol. The van der Waals surface area contributed by atoms with Gasteiger partial charge in [-0.1, -0.05) is 61.0 Å². The number of nitrogens with zero attached hydrogens (tertiary/aromatic N) is 1. The minimum atomic E-state index is -0.261. The van der Waals surface area contributed by atoms with Crippen molar-refractivity contribution >= 4 is 30.7 Å². The van der Waals surface area contributed by atoms with E-state index in [4.69, 9.17) is 5.73 Å². The molecule has 0 saturated carbocycles. The first-order valence-corrected chi connectivity index (χ1v) is 9.58. The normalized spacial score (nSPS) is 15.0. The van der Waals surface area contributed by atoms with Crippen molar-refractivity contribution in [2.24, 2.45) is 5.73 Å². The van der Waals surface area contributed by atoms with Crippen LogP contribution in [0.25, 0.3) is 0 Å². The molecule has 1 atom stereocenters. The van der Waals surface area contributed by atoms with Gasteiger partial charge in [0.25, 0.3) is 0 Å². The highest BCUT2D eigenvalue weighted by Gasteiger charge is 2.12. The third kappa shape index (κ3) is 7.80. The molecule has 0 aromatic heterocycles. The van der Waals surface area contributed by atoms with Crippen molar-refractivity contribution in [3.05, 3.63) is 71.3 Å². The summed E-state index contributed by atoms with van der Waals surface area (Å²) in [4.78, 5) is 14.7. The third-order valence-electron chi connectivity index (χ3n) is 5.00.